The minimum atomic E-state index is -0.435. The summed E-state index contributed by atoms with van der Waals surface area (Å²) < 4.78 is 13.0. The molecule has 68 valence electrons. The van der Waals surface area contributed by atoms with Gasteiger partial charge in [0, 0.05) is 12.8 Å². The fourth-order valence-electron chi connectivity index (χ4n) is 1.62. The van der Waals surface area contributed by atoms with Gasteiger partial charge in [0.15, 0.2) is 0 Å². The van der Waals surface area contributed by atoms with Crippen molar-refractivity contribution in [2.75, 3.05) is 0 Å². The first kappa shape index (κ1) is 8.70. The molecule has 0 heterocycles. The highest BCUT2D eigenvalue weighted by Crippen LogP contribution is 2.28. The number of rotatable bonds is 0. The third-order valence-corrected chi connectivity index (χ3v) is 2.75. The highest BCUT2D eigenvalue weighted by atomic mass is 35.5. The van der Waals surface area contributed by atoms with Crippen molar-refractivity contribution in [3.63, 3.8) is 0 Å². The highest BCUT2D eigenvalue weighted by molar-refractivity contribution is 6.31. The predicted molar refractivity (Wildman–Crippen MR) is 48.4 cm³/mol. The second-order valence-corrected chi connectivity index (χ2v) is 3.59. The third-order valence-electron chi connectivity index (χ3n) is 2.34. The summed E-state index contributed by atoms with van der Waals surface area (Å²) in [6.45, 7) is 0. The molecule has 0 amide bonds. The van der Waals surface area contributed by atoms with E-state index in [0.29, 0.717) is 18.4 Å². The van der Waals surface area contributed by atoms with Crippen molar-refractivity contribution in [3.05, 3.63) is 34.1 Å². The molecule has 1 aromatic carbocycles. The number of carbonyl (C=O) groups is 1. The van der Waals surface area contributed by atoms with Crippen molar-refractivity contribution in [2.45, 2.75) is 19.3 Å². The lowest BCUT2D eigenvalue weighted by Crippen LogP contribution is -2.14. The van der Waals surface area contributed by atoms with Gasteiger partial charge < -0.3 is 0 Å². The number of carbonyl (C=O) groups excluding carboxylic acids is 1. The average molecular weight is 199 g/mol. The molecule has 1 aliphatic carbocycles. The molecule has 0 saturated carbocycles. The first-order chi connectivity index (χ1) is 6.18. The summed E-state index contributed by atoms with van der Waals surface area (Å²) in [6, 6.07) is 3.07. The maximum absolute atomic E-state index is 13.0. The molecule has 0 N–H and O–H groups in total. The molecule has 0 unspecified atom stereocenters. The number of fused-ring (bicyclic) bond motifs is 1. The number of hydrogen-bond donors (Lipinski definition) is 0. The molecule has 13 heavy (non-hydrogen) atoms. The zero-order valence-electron chi connectivity index (χ0n) is 6.94. The lowest BCUT2D eigenvalue weighted by atomic mass is 9.91. The molecular formula is C10H8ClFO. The Morgan fingerprint density at radius 2 is 2.08 bits per heavy atom. The van der Waals surface area contributed by atoms with Crippen LogP contribution in [0.25, 0.3) is 0 Å². The number of hydrogen-bond acceptors (Lipinski definition) is 1. The van der Waals surface area contributed by atoms with E-state index in [1.165, 1.54) is 6.07 Å². The maximum Gasteiger partial charge on any atom is 0.142 e. The quantitative estimate of drug-likeness (QED) is 0.626. The van der Waals surface area contributed by atoms with Crippen LogP contribution >= 0.6 is 11.6 Å². The van der Waals surface area contributed by atoms with Gasteiger partial charge in [-0.25, -0.2) is 4.39 Å². The van der Waals surface area contributed by atoms with E-state index in [0.717, 1.165) is 5.56 Å². The van der Waals surface area contributed by atoms with Gasteiger partial charge in [-0.05, 0) is 23.6 Å². The van der Waals surface area contributed by atoms with Gasteiger partial charge in [0.1, 0.15) is 11.6 Å². The van der Waals surface area contributed by atoms with Gasteiger partial charge in [-0.1, -0.05) is 17.7 Å². The van der Waals surface area contributed by atoms with Crippen molar-refractivity contribution in [1.82, 2.24) is 0 Å². The van der Waals surface area contributed by atoms with Crippen molar-refractivity contribution in [1.29, 1.82) is 0 Å². The van der Waals surface area contributed by atoms with Crippen LogP contribution in [0.15, 0.2) is 12.1 Å². The molecule has 1 aromatic rings. The number of benzene rings is 1. The summed E-state index contributed by atoms with van der Waals surface area (Å²) in [4.78, 5) is 11.1. The van der Waals surface area contributed by atoms with E-state index in [1.54, 1.807) is 6.07 Å². The van der Waals surface area contributed by atoms with Crippen LogP contribution in [-0.2, 0) is 17.6 Å². The SMILES string of the molecule is O=C1CCc2ccc(F)c(Cl)c2C1. The monoisotopic (exact) mass is 198 g/mol. The summed E-state index contributed by atoms with van der Waals surface area (Å²) in [6.07, 6.45) is 1.52. The van der Waals surface area contributed by atoms with Gasteiger partial charge in [-0.15, -0.1) is 0 Å². The maximum atomic E-state index is 13.0. The van der Waals surface area contributed by atoms with Gasteiger partial charge in [0.25, 0.3) is 0 Å². The van der Waals surface area contributed by atoms with E-state index in [4.69, 9.17) is 11.6 Å². The van der Waals surface area contributed by atoms with Gasteiger partial charge in [0.2, 0.25) is 0 Å². The second-order valence-electron chi connectivity index (χ2n) is 3.21. The van der Waals surface area contributed by atoms with Crippen LogP contribution in [0.1, 0.15) is 17.5 Å². The van der Waals surface area contributed by atoms with Crippen LogP contribution in [0, 0.1) is 5.82 Å². The molecule has 0 spiro atoms. The van der Waals surface area contributed by atoms with Crippen LogP contribution in [0.4, 0.5) is 4.39 Å². The van der Waals surface area contributed by atoms with Crippen molar-refractivity contribution in [2.24, 2.45) is 0 Å². The van der Waals surface area contributed by atoms with E-state index in [-0.39, 0.29) is 17.2 Å². The zero-order chi connectivity index (χ0) is 9.42. The molecule has 0 saturated heterocycles. The third kappa shape index (κ3) is 1.46. The molecule has 0 radical (unpaired) electrons. The van der Waals surface area contributed by atoms with Crippen LogP contribution in [0.5, 0.6) is 0 Å². The summed E-state index contributed by atoms with van der Waals surface area (Å²) in [7, 11) is 0. The van der Waals surface area contributed by atoms with E-state index in [2.05, 4.69) is 0 Å². The first-order valence-electron chi connectivity index (χ1n) is 4.16. The largest absolute Gasteiger partial charge is 0.299 e. The summed E-state index contributed by atoms with van der Waals surface area (Å²) >= 11 is 5.75. The Morgan fingerprint density at radius 3 is 2.85 bits per heavy atom. The standard InChI is InChI=1S/C10H8ClFO/c11-10-8-5-7(13)3-1-6(8)2-4-9(10)12/h2,4H,1,3,5H2. The molecular weight excluding hydrogens is 191 g/mol. The molecule has 0 atom stereocenters. The van der Waals surface area contributed by atoms with E-state index in [1.807, 2.05) is 0 Å². The smallest absolute Gasteiger partial charge is 0.142 e. The second kappa shape index (κ2) is 3.11. The number of ketones is 1. The number of halogens is 2. The Bertz CT molecular complexity index is 373. The van der Waals surface area contributed by atoms with Crippen LogP contribution in [0.3, 0.4) is 0 Å². The topological polar surface area (TPSA) is 17.1 Å². The number of aryl methyl sites for hydroxylation is 1. The summed E-state index contributed by atoms with van der Waals surface area (Å²) in [5.41, 5.74) is 1.68. The first-order valence-corrected chi connectivity index (χ1v) is 4.53. The van der Waals surface area contributed by atoms with E-state index < -0.39 is 5.82 Å². The Hall–Kier alpha value is -0.890. The normalized spacial score (nSPS) is 15.7. The molecule has 0 fully saturated rings. The fourth-order valence-corrected chi connectivity index (χ4v) is 1.87. The van der Waals surface area contributed by atoms with Gasteiger partial charge in [0.05, 0.1) is 5.02 Å². The Kier molecular flexibility index (Phi) is 2.08. The fraction of sp³-hybridized carbons (Fsp3) is 0.300. The zero-order valence-corrected chi connectivity index (χ0v) is 7.70. The lowest BCUT2D eigenvalue weighted by Gasteiger charge is -2.15. The van der Waals surface area contributed by atoms with Crippen molar-refractivity contribution >= 4 is 17.4 Å². The summed E-state index contributed by atoms with van der Waals surface area (Å²) in [5.74, 6) is -0.296. The van der Waals surface area contributed by atoms with Crippen molar-refractivity contribution < 1.29 is 9.18 Å². The number of Topliss-reactive ketones (excluding diaryl/α,β-unsaturated/α-hetero) is 1. The van der Waals surface area contributed by atoms with Crippen molar-refractivity contribution in [3.8, 4) is 0 Å². The minimum Gasteiger partial charge on any atom is -0.299 e. The predicted octanol–water partition coefficient (Wildman–Crippen LogP) is 2.54. The average Bonchev–Trinajstić information content (AvgIpc) is 2.12. The molecule has 0 aliphatic heterocycles. The molecule has 1 aliphatic rings. The lowest BCUT2D eigenvalue weighted by molar-refractivity contribution is -0.118. The Morgan fingerprint density at radius 1 is 1.31 bits per heavy atom. The minimum absolute atomic E-state index is 0.116. The van der Waals surface area contributed by atoms with Crippen LogP contribution < -0.4 is 0 Å². The Labute approximate surface area is 80.5 Å². The van der Waals surface area contributed by atoms with E-state index >= 15 is 0 Å². The summed E-state index contributed by atoms with van der Waals surface area (Å²) in [5, 5.41) is 0.116. The highest BCUT2D eigenvalue weighted by Gasteiger charge is 2.19. The molecule has 0 aromatic heterocycles. The molecule has 1 nitrogen and oxygen atoms in total. The van der Waals surface area contributed by atoms with Gasteiger partial charge in [-0.3, -0.25) is 4.79 Å². The van der Waals surface area contributed by atoms with Gasteiger partial charge in [-0.2, -0.15) is 0 Å². The van der Waals surface area contributed by atoms with E-state index in [9.17, 15) is 9.18 Å². The van der Waals surface area contributed by atoms with Crippen LogP contribution in [0.2, 0.25) is 5.02 Å². The molecule has 2 rings (SSSR count). The Balaban J connectivity index is 2.54. The molecule has 0 bridgehead atoms. The van der Waals surface area contributed by atoms with Crippen LogP contribution in [-0.4, -0.2) is 5.78 Å². The van der Waals surface area contributed by atoms with Gasteiger partial charge >= 0.3 is 0 Å². The molecule has 3 heteroatoms.